The van der Waals surface area contributed by atoms with Crippen LogP contribution >= 0.6 is 0 Å². The number of carbonyl (C=O) groups is 1. The molecule has 0 aliphatic carbocycles. The molecule has 0 bridgehead atoms. The summed E-state index contributed by atoms with van der Waals surface area (Å²) in [5, 5.41) is 10.9. The summed E-state index contributed by atoms with van der Waals surface area (Å²) in [7, 11) is 1.44. The number of amides is 1. The quantitative estimate of drug-likeness (QED) is 0.510. The van der Waals surface area contributed by atoms with Crippen LogP contribution in [0.25, 0.3) is 0 Å². The molecular weight excluding hydrogens is 312 g/mol. The molecule has 0 aliphatic heterocycles. The van der Waals surface area contributed by atoms with E-state index in [2.05, 4.69) is 0 Å². The number of benzene rings is 1. The van der Waals surface area contributed by atoms with E-state index in [1.165, 1.54) is 25.3 Å². The highest BCUT2D eigenvalue weighted by Crippen LogP contribution is 2.31. The lowest BCUT2D eigenvalue weighted by atomic mass is 10.1. The summed E-state index contributed by atoms with van der Waals surface area (Å²) in [4.78, 5) is 24.6. The van der Waals surface area contributed by atoms with Crippen molar-refractivity contribution in [3.63, 3.8) is 0 Å². The molecule has 1 aromatic rings. The first-order valence-electron chi connectivity index (χ1n) is 7.97. The summed E-state index contributed by atoms with van der Waals surface area (Å²) in [6.07, 6.45) is 0. The van der Waals surface area contributed by atoms with Crippen LogP contribution in [0.15, 0.2) is 18.2 Å². The van der Waals surface area contributed by atoms with Crippen molar-refractivity contribution < 1.29 is 19.2 Å². The van der Waals surface area contributed by atoms with Gasteiger partial charge in [-0.05, 0) is 17.9 Å². The van der Waals surface area contributed by atoms with Crippen LogP contribution in [0.5, 0.6) is 11.5 Å². The molecule has 7 nitrogen and oxygen atoms in total. The number of nitrogens with zero attached hydrogens (tertiary/aromatic N) is 2. The van der Waals surface area contributed by atoms with Crippen molar-refractivity contribution in [1.82, 2.24) is 4.90 Å². The van der Waals surface area contributed by atoms with Crippen molar-refractivity contribution in [2.24, 2.45) is 11.8 Å². The summed E-state index contributed by atoms with van der Waals surface area (Å²) in [6, 6.07) is 4.05. The van der Waals surface area contributed by atoms with Gasteiger partial charge in [0.2, 0.25) is 0 Å². The summed E-state index contributed by atoms with van der Waals surface area (Å²) < 4.78 is 10.6. The highest BCUT2D eigenvalue weighted by atomic mass is 16.6. The lowest BCUT2D eigenvalue weighted by Gasteiger charge is -2.26. The van der Waals surface area contributed by atoms with Crippen LogP contribution < -0.4 is 9.47 Å². The average Bonchev–Trinajstić information content (AvgIpc) is 2.50. The van der Waals surface area contributed by atoms with E-state index in [0.29, 0.717) is 30.7 Å². The molecule has 1 amide bonds. The molecule has 0 aromatic heterocycles. The summed E-state index contributed by atoms with van der Waals surface area (Å²) in [6.45, 7) is 9.29. The second-order valence-electron chi connectivity index (χ2n) is 6.47. The number of rotatable bonds is 9. The van der Waals surface area contributed by atoms with Gasteiger partial charge < -0.3 is 14.4 Å². The Balaban J connectivity index is 2.83. The predicted molar refractivity (Wildman–Crippen MR) is 91.4 cm³/mol. The molecule has 0 radical (unpaired) electrons. The van der Waals surface area contributed by atoms with Gasteiger partial charge in [-0.3, -0.25) is 14.9 Å². The van der Waals surface area contributed by atoms with Gasteiger partial charge in [0, 0.05) is 19.2 Å². The number of hydrogen-bond donors (Lipinski definition) is 0. The molecule has 7 heteroatoms. The Kier molecular flexibility index (Phi) is 7.48. The number of nitro groups is 1. The molecule has 0 aliphatic rings. The van der Waals surface area contributed by atoms with E-state index in [-0.39, 0.29) is 24.0 Å². The molecule has 134 valence electrons. The molecule has 0 saturated carbocycles. The van der Waals surface area contributed by atoms with E-state index in [1.807, 2.05) is 27.7 Å². The van der Waals surface area contributed by atoms with Crippen molar-refractivity contribution in [2.75, 3.05) is 26.8 Å². The van der Waals surface area contributed by atoms with Gasteiger partial charge >= 0.3 is 0 Å². The second-order valence-corrected chi connectivity index (χ2v) is 6.47. The third-order valence-corrected chi connectivity index (χ3v) is 3.23. The van der Waals surface area contributed by atoms with Crippen LogP contribution in [0.3, 0.4) is 0 Å². The van der Waals surface area contributed by atoms with Crippen LogP contribution in [0.4, 0.5) is 5.69 Å². The van der Waals surface area contributed by atoms with Gasteiger partial charge in [-0.25, -0.2) is 0 Å². The number of nitro benzene ring substituents is 1. The van der Waals surface area contributed by atoms with Crippen molar-refractivity contribution in [3.05, 3.63) is 28.3 Å². The van der Waals surface area contributed by atoms with E-state index in [0.717, 1.165) is 0 Å². The molecule has 0 unspecified atom stereocenters. The molecule has 24 heavy (non-hydrogen) atoms. The number of carbonyl (C=O) groups excluding carboxylic acids is 1. The van der Waals surface area contributed by atoms with E-state index in [4.69, 9.17) is 9.47 Å². The monoisotopic (exact) mass is 338 g/mol. The molecule has 0 saturated heterocycles. The molecular formula is C17H26N2O5. The highest BCUT2D eigenvalue weighted by molar-refractivity contribution is 5.78. The summed E-state index contributed by atoms with van der Waals surface area (Å²) >= 11 is 0. The van der Waals surface area contributed by atoms with Gasteiger partial charge in [-0.15, -0.1) is 0 Å². The van der Waals surface area contributed by atoms with Gasteiger partial charge in [-0.2, -0.15) is 0 Å². The van der Waals surface area contributed by atoms with Crippen molar-refractivity contribution in [1.29, 1.82) is 0 Å². The third kappa shape index (κ3) is 6.06. The number of methoxy groups -OCH3 is 1. The number of non-ortho nitro benzene ring substituents is 1. The zero-order chi connectivity index (χ0) is 18.3. The molecule has 1 rings (SSSR count). The minimum absolute atomic E-state index is 0.112. The standard InChI is InChI=1S/C17H26N2O5/c1-12(2)9-18(10-13(3)4)17(20)11-24-16-8-14(19(21)22)6-7-15(16)23-5/h6-8,12-13H,9-11H2,1-5H3. The fraction of sp³-hybridized carbons (Fsp3) is 0.588. The molecule has 0 fully saturated rings. The third-order valence-electron chi connectivity index (χ3n) is 3.23. The first kappa shape index (κ1) is 19.7. The van der Waals surface area contributed by atoms with E-state index >= 15 is 0 Å². The van der Waals surface area contributed by atoms with E-state index in [9.17, 15) is 14.9 Å². The maximum absolute atomic E-state index is 12.4. The lowest BCUT2D eigenvalue weighted by molar-refractivity contribution is -0.385. The van der Waals surface area contributed by atoms with Crippen LogP contribution in [0.1, 0.15) is 27.7 Å². The Morgan fingerprint density at radius 1 is 1.17 bits per heavy atom. The van der Waals surface area contributed by atoms with Gasteiger partial charge in [0.25, 0.3) is 11.6 Å². The fourth-order valence-corrected chi connectivity index (χ4v) is 2.28. The minimum atomic E-state index is -0.516. The minimum Gasteiger partial charge on any atom is -0.493 e. The maximum atomic E-state index is 12.4. The highest BCUT2D eigenvalue weighted by Gasteiger charge is 2.19. The lowest BCUT2D eigenvalue weighted by Crippen LogP contribution is -2.39. The second kappa shape index (κ2) is 9.10. The zero-order valence-electron chi connectivity index (χ0n) is 14.9. The normalized spacial score (nSPS) is 10.8. The molecule has 1 aromatic carbocycles. The zero-order valence-corrected chi connectivity index (χ0v) is 14.9. The molecule has 0 spiro atoms. The number of hydrogen-bond acceptors (Lipinski definition) is 5. The molecule has 0 atom stereocenters. The first-order valence-corrected chi connectivity index (χ1v) is 7.97. The Labute approximate surface area is 142 Å². The van der Waals surface area contributed by atoms with Crippen molar-refractivity contribution in [3.8, 4) is 11.5 Å². The smallest absolute Gasteiger partial charge is 0.273 e. The largest absolute Gasteiger partial charge is 0.493 e. The first-order chi connectivity index (χ1) is 11.2. The molecule has 0 N–H and O–H groups in total. The molecule has 0 heterocycles. The van der Waals surface area contributed by atoms with E-state index in [1.54, 1.807) is 4.90 Å². The fourth-order valence-electron chi connectivity index (χ4n) is 2.28. The summed E-state index contributed by atoms with van der Waals surface area (Å²) in [5.74, 6) is 1.09. The van der Waals surface area contributed by atoms with Crippen LogP contribution in [-0.4, -0.2) is 42.5 Å². The topological polar surface area (TPSA) is 81.9 Å². The van der Waals surface area contributed by atoms with Crippen molar-refractivity contribution in [2.45, 2.75) is 27.7 Å². The average molecular weight is 338 g/mol. The van der Waals surface area contributed by atoms with Crippen LogP contribution in [0, 0.1) is 22.0 Å². The van der Waals surface area contributed by atoms with Crippen molar-refractivity contribution >= 4 is 11.6 Å². The van der Waals surface area contributed by atoms with Crippen LogP contribution in [-0.2, 0) is 4.79 Å². The van der Waals surface area contributed by atoms with Gasteiger partial charge in [0.1, 0.15) is 0 Å². The Morgan fingerprint density at radius 2 is 1.75 bits per heavy atom. The SMILES string of the molecule is COc1ccc([N+](=O)[O-])cc1OCC(=O)N(CC(C)C)CC(C)C. The Morgan fingerprint density at radius 3 is 2.21 bits per heavy atom. The number of ether oxygens (including phenoxy) is 2. The maximum Gasteiger partial charge on any atom is 0.273 e. The Hall–Kier alpha value is -2.31. The van der Waals surface area contributed by atoms with Gasteiger partial charge in [-0.1, -0.05) is 27.7 Å². The van der Waals surface area contributed by atoms with Gasteiger partial charge in [0.15, 0.2) is 18.1 Å². The van der Waals surface area contributed by atoms with Gasteiger partial charge in [0.05, 0.1) is 18.1 Å². The Bertz CT molecular complexity index is 562. The van der Waals surface area contributed by atoms with Crippen LogP contribution in [0.2, 0.25) is 0 Å². The predicted octanol–water partition coefficient (Wildman–Crippen LogP) is 3.12. The summed E-state index contributed by atoms with van der Waals surface area (Å²) in [5.41, 5.74) is -0.112. The van der Waals surface area contributed by atoms with E-state index < -0.39 is 4.92 Å².